The van der Waals surface area contributed by atoms with E-state index in [1.165, 1.54) is 0 Å². The number of methoxy groups -OCH3 is 1. The molecular weight excluding hydrogens is 261 g/mol. The van der Waals surface area contributed by atoms with Gasteiger partial charge < -0.3 is 15.2 Å². The molecule has 0 saturated heterocycles. The van der Waals surface area contributed by atoms with Crippen LogP contribution in [0, 0.1) is 0 Å². The zero-order valence-electron chi connectivity index (χ0n) is 9.96. The van der Waals surface area contributed by atoms with Crippen LogP contribution in [0.4, 0.5) is 0 Å². The molecule has 0 aromatic heterocycles. The van der Waals surface area contributed by atoms with E-state index in [4.69, 9.17) is 33.0 Å². The highest BCUT2D eigenvalue weighted by Gasteiger charge is 2.10. The van der Waals surface area contributed by atoms with Crippen LogP contribution in [0.15, 0.2) is 12.1 Å². The third-order valence-corrected chi connectivity index (χ3v) is 2.99. The maximum Gasteiger partial charge on any atom is 0.142 e. The molecule has 1 aromatic carbocycles. The number of benzene rings is 1. The highest BCUT2D eigenvalue weighted by atomic mass is 35.5. The molecule has 0 radical (unpaired) electrons. The van der Waals surface area contributed by atoms with E-state index in [1.54, 1.807) is 13.2 Å². The summed E-state index contributed by atoms with van der Waals surface area (Å²) in [5, 5.41) is 13.2. The molecule has 0 aliphatic rings. The van der Waals surface area contributed by atoms with Gasteiger partial charge in [0.1, 0.15) is 5.75 Å². The summed E-state index contributed by atoms with van der Waals surface area (Å²) in [5.41, 5.74) is 0.912. The van der Waals surface area contributed by atoms with E-state index >= 15 is 0 Å². The minimum Gasteiger partial charge on any atom is -0.495 e. The molecule has 0 heterocycles. The Balaban J connectivity index is 2.75. The third kappa shape index (κ3) is 4.36. The van der Waals surface area contributed by atoms with E-state index in [1.807, 2.05) is 13.0 Å². The van der Waals surface area contributed by atoms with Crippen LogP contribution in [0.25, 0.3) is 0 Å². The summed E-state index contributed by atoms with van der Waals surface area (Å²) in [4.78, 5) is 0. The summed E-state index contributed by atoms with van der Waals surface area (Å²) in [6.45, 7) is 2.78. The maximum absolute atomic E-state index is 8.82. The van der Waals surface area contributed by atoms with Gasteiger partial charge in [0.05, 0.1) is 12.1 Å². The van der Waals surface area contributed by atoms with Crippen molar-refractivity contribution in [1.82, 2.24) is 5.32 Å². The van der Waals surface area contributed by atoms with Gasteiger partial charge in [0.15, 0.2) is 0 Å². The Hall–Kier alpha value is -0.480. The van der Waals surface area contributed by atoms with Gasteiger partial charge in [-0.15, -0.1) is 0 Å². The molecule has 0 unspecified atom stereocenters. The minimum absolute atomic E-state index is 0.168. The van der Waals surface area contributed by atoms with Crippen molar-refractivity contribution in [3.8, 4) is 5.75 Å². The minimum atomic E-state index is 0.168. The quantitative estimate of drug-likeness (QED) is 0.840. The van der Waals surface area contributed by atoms with Crippen molar-refractivity contribution in [2.24, 2.45) is 0 Å². The van der Waals surface area contributed by atoms with Crippen molar-refractivity contribution in [2.45, 2.75) is 25.9 Å². The first-order valence-electron chi connectivity index (χ1n) is 5.44. The second-order valence-corrected chi connectivity index (χ2v) is 4.72. The van der Waals surface area contributed by atoms with Crippen LogP contribution >= 0.6 is 23.2 Å². The Bertz CT molecular complexity index is 372. The third-order valence-electron chi connectivity index (χ3n) is 2.49. The number of ether oxygens (including phenoxy) is 1. The first kappa shape index (κ1) is 14.6. The fourth-order valence-corrected chi connectivity index (χ4v) is 2.17. The van der Waals surface area contributed by atoms with E-state index in [9.17, 15) is 0 Å². The number of hydrogen-bond acceptors (Lipinski definition) is 3. The van der Waals surface area contributed by atoms with Crippen molar-refractivity contribution in [3.63, 3.8) is 0 Å². The summed E-state index contributed by atoms with van der Waals surface area (Å²) < 4.78 is 5.24. The van der Waals surface area contributed by atoms with Gasteiger partial charge in [-0.3, -0.25) is 0 Å². The summed E-state index contributed by atoms with van der Waals surface area (Å²) in [6, 6.07) is 3.70. The molecular formula is C12H17Cl2NO2. The fraction of sp³-hybridized carbons (Fsp3) is 0.500. The van der Waals surface area contributed by atoms with Gasteiger partial charge >= 0.3 is 0 Å². The normalized spacial score (nSPS) is 12.5. The predicted octanol–water partition coefficient (Wildman–Crippen LogP) is 2.86. The molecule has 5 heteroatoms. The molecule has 1 rings (SSSR count). The number of aliphatic hydroxyl groups is 1. The van der Waals surface area contributed by atoms with Crippen LogP contribution in [0.1, 0.15) is 18.9 Å². The molecule has 0 fully saturated rings. The number of aliphatic hydroxyl groups excluding tert-OH is 1. The van der Waals surface area contributed by atoms with Crippen molar-refractivity contribution in [3.05, 3.63) is 27.7 Å². The number of halogens is 2. The van der Waals surface area contributed by atoms with Gasteiger partial charge in [0.2, 0.25) is 0 Å². The highest BCUT2D eigenvalue weighted by Crippen LogP contribution is 2.32. The van der Waals surface area contributed by atoms with Gasteiger partial charge in [-0.25, -0.2) is 0 Å². The van der Waals surface area contributed by atoms with Crippen molar-refractivity contribution in [1.29, 1.82) is 0 Å². The molecule has 2 N–H and O–H groups in total. The van der Waals surface area contributed by atoms with E-state index in [-0.39, 0.29) is 12.6 Å². The maximum atomic E-state index is 8.82. The van der Waals surface area contributed by atoms with Gasteiger partial charge in [0, 0.05) is 29.8 Å². The molecule has 0 amide bonds. The van der Waals surface area contributed by atoms with Crippen molar-refractivity contribution < 1.29 is 9.84 Å². The molecule has 0 aliphatic carbocycles. The molecule has 0 aliphatic heterocycles. The largest absolute Gasteiger partial charge is 0.495 e. The molecule has 3 nitrogen and oxygen atoms in total. The highest BCUT2D eigenvalue weighted by molar-refractivity contribution is 6.35. The summed E-state index contributed by atoms with van der Waals surface area (Å²) in [5.74, 6) is 0.639. The molecule has 0 bridgehead atoms. The lowest BCUT2D eigenvalue weighted by molar-refractivity contribution is 0.268. The first-order valence-corrected chi connectivity index (χ1v) is 6.20. The monoisotopic (exact) mass is 277 g/mol. The first-order chi connectivity index (χ1) is 8.08. The Labute approximate surface area is 112 Å². The lowest BCUT2D eigenvalue weighted by Gasteiger charge is -2.15. The van der Waals surface area contributed by atoms with Gasteiger partial charge in [0.25, 0.3) is 0 Å². The average molecular weight is 278 g/mol. The van der Waals surface area contributed by atoms with Crippen molar-refractivity contribution in [2.75, 3.05) is 13.7 Å². The van der Waals surface area contributed by atoms with Crippen molar-refractivity contribution >= 4 is 23.2 Å². The number of rotatable bonds is 6. The molecule has 0 spiro atoms. The SMILES string of the molecule is COc1c(Cl)cc(Cl)cc1CN[C@H](C)CCO. The number of nitrogens with one attached hydrogen (secondary N) is 1. The molecule has 96 valence electrons. The van der Waals surface area contributed by atoms with Crippen LogP contribution < -0.4 is 10.1 Å². The van der Waals surface area contributed by atoms with Crippen LogP contribution in [0.3, 0.4) is 0 Å². The Morgan fingerprint density at radius 1 is 1.41 bits per heavy atom. The standard InChI is InChI=1S/C12H17Cl2NO2/c1-8(3-4-16)15-7-9-5-10(13)6-11(14)12(9)17-2/h5-6,8,15-16H,3-4,7H2,1-2H3/t8-/m1/s1. The van der Waals surface area contributed by atoms with E-state index < -0.39 is 0 Å². The number of hydrogen-bond donors (Lipinski definition) is 2. The second-order valence-electron chi connectivity index (χ2n) is 3.87. The van der Waals surface area contributed by atoms with Crippen LogP contribution in [0.2, 0.25) is 10.0 Å². The summed E-state index contributed by atoms with van der Waals surface area (Å²) in [7, 11) is 1.58. The summed E-state index contributed by atoms with van der Waals surface area (Å²) >= 11 is 12.0. The Morgan fingerprint density at radius 2 is 2.12 bits per heavy atom. The predicted molar refractivity (Wildman–Crippen MR) is 71.0 cm³/mol. The van der Waals surface area contributed by atoms with Gasteiger partial charge in [-0.2, -0.15) is 0 Å². The second kappa shape index (κ2) is 7.07. The van der Waals surface area contributed by atoms with Crippen LogP contribution in [-0.4, -0.2) is 24.9 Å². The molecule has 17 heavy (non-hydrogen) atoms. The topological polar surface area (TPSA) is 41.5 Å². The smallest absolute Gasteiger partial charge is 0.142 e. The lowest BCUT2D eigenvalue weighted by Crippen LogP contribution is -2.26. The Morgan fingerprint density at radius 3 is 2.71 bits per heavy atom. The zero-order valence-corrected chi connectivity index (χ0v) is 11.5. The summed E-state index contributed by atoms with van der Waals surface area (Å²) in [6.07, 6.45) is 0.705. The van der Waals surface area contributed by atoms with Gasteiger partial charge in [-0.05, 0) is 25.5 Å². The molecule has 1 aromatic rings. The van der Waals surface area contributed by atoms with E-state index in [0.29, 0.717) is 28.8 Å². The Kier molecular flexibility index (Phi) is 6.06. The molecule has 1 atom stereocenters. The van der Waals surface area contributed by atoms with Gasteiger partial charge in [-0.1, -0.05) is 23.2 Å². The van der Waals surface area contributed by atoms with Crippen LogP contribution in [-0.2, 0) is 6.54 Å². The lowest BCUT2D eigenvalue weighted by atomic mass is 10.1. The fourth-order valence-electron chi connectivity index (χ4n) is 1.55. The zero-order chi connectivity index (χ0) is 12.8. The van der Waals surface area contributed by atoms with E-state index in [2.05, 4.69) is 5.32 Å². The van der Waals surface area contributed by atoms with E-state index in [0.717, 1.165) is 5.56 Å². The molecule has 0 saturated carbocycles. The average Bonchev–Trinajstić information content (AvgIpc) is 2.26. The van der Waals surface area contributed by atoms with Crippen LogP contribution in [0.5, 0.6) is 5.75 Å².